The zero-order valence-corrected chi connectivity index (χ0v) is 12.6. The molecule has 0 unspecified atom stereocenters. The first-order valence-electron chi connectivity index (χ1n) is 6.76. The summed E-state index contributed by atoms with van der Waals surface area (Å²) in [4.78, 5) is 11.2. The van der Waals surface area contributed by atoms with E-state index in [4.69, 9.17) is 27.2 Å². The number of hydrogen-bond acceptors (Lipinski definition) is 4. The number of amides is 1. The molecule has 0 spiro atoms. The van der Waals surface area contributed by atoms with Gasteiger partial charge in [-0.2, -0.15) is 0 Å². The highest BCUT2D eigenvalue weighted by Crippen LogP contribution is 2.33. The number of rotatable bonds is 6. The van der Waals surface area contributed by atoms with E-state index in [0.29, 0.717) is 28.8 Å². The van der Waals surface area contributed by atoms with Crippen molar-refractivity contribution >= 4 is 28.9 Å². The normalized spacial score (nSPS) is 10.3. The van der Waals surface area contributed by atoms with Crippen molar-refractivity contribution in [2.75, 3.05) is 24.3 Å². The summed E-state index contributed by atoms with van der Waals surface area (Å²) < 4.78 is 5.65. The second kappa shape index (κ2) is 7.68. The molecule has 1 amide bonds. The lowest BCUT2D eigenvalue weighted by Crippen LogP contribution is -2.16. The first-order chi connectivity index (χ1) is 10.6. The molecule has 0 fully saturated rings. The molecule has 0 saturated heterocycles. The Kier molecular flexibility index (Phi) is 5.63. The van der Waals surface area contributed by atoms with Crippen LogP contribution in [0.15, 0.2) is 42.5 Å². The molecule has 116 valence electrons. The Balaban J connectivity index is 2.03. The number of ether oxygens (including phenoxy) is 1. The van der Waals surface area contributed by atoms with Crippen LogP contribution in [0.4, 0.5) is 11.4 Å². The van der Waals surface area contributed by atoms with E-state index in [1.807, 2.05) is 30.3 Å². The molecule has 0 radical (unpaired) electrons. The number of carbonyl (C=O) groups excluding carboxylic acids is 1. The van der Waals surface area contributed by atoms with Crippen LogP contribution in [0.3, 0.4) is 0 Å². The van der Waals surface area contributed by atoms with E-state index >= 15 is 0 Å². The highest BCUT2D eigenvalue weighted by molar-refractivity contribution is 6.32. The Morgan fingerprint density at radius 3 is 2.68 bits per heavy atom. The Morgan fingerprint density at radius 2 is 2.00 bits per heavy atom. The molecule has 5 nitrogen and oxygen atoms in total. The van der Waals surface area contributed by atoms with Crippen LogP contribution in [-0.4, -0.2) is 24.2 Å². The Labute approximate surface area is 133 Å². The number of nitrogens with two attached hydrogens (primary N) is 1. The van der Waals surface area contributed by atoms with Crippen molar-refractivity contribution in [3.8, 4) is 5.75 Å². The maximum Gasteiger partial charge on any atom is 0.250 e. The summed E-state index contributed by atoms with van der Waals surface area (Å²) in [7, 11) is 0. The fourth-order valence-corrected chi connectivity index (χ4v) is 2.13. The van der Waals surface area contributed by atoms with Gasteiger partial charge >= 0.3 is 0 Å². The van der Waals surface area contributed by atoms with Crippen LogP contribution >= 0.6 is 11.6 Å². The minimum absolute atomic E-state index is 0.308. The second-order valence-electron chi connectivity index (χ2n) is 4.66. The molecule has 0 saturated carbocycles. The third-order valence-corrected chi connectivity index (χ3v) is 3.31. The number of anilines is 2. The van der Waals surface area contributed by atoms with Gasteiger partial charge in [0.05, 0.1) is 23.0 Å². The minimum Gasteiger partial charge on any atom is -0.492 e. The summed E-state index contributed by atoms with van der Waals surface area (Å²) in [5.74, 6) is -0.121. The van der Waals surface area contributed by atoms with E-state index < -0.39 is 12.5 Å². The zero-order chi connectivity index (χ0) is 15.9. The number of hydrogen-bond donors (Lipinski definition) is 3. The van der Waals surface area contributed by atoms with Crippen molar-refractivity contribution in [1.82, 2.24) is 0 Å². The number of benzene rings is 2. The van der Waals surface area contributed by atoms with E-state index in [9.17, 15) is 4.79 Å². The summed E-state index contributed by atoms with van der Waals surface area (Å²) in [5.41, 5.74) is 7.60. The molecule has 0 atom stereocenters. The summed E-state index contributed by atoms with van der Waals surface area (Å²) in [6, 6.07) is 13.0. The minimum atomic E-state index is -0.619. The quantitative estimate of drug-likeness (QED) is 0.714. The lowest BCUT2D eigenvalue weighted by atomic mass is 10.2. The molecule has 0 bridgehead atoms. The third kappa shape index (κ3) is 4.38. The van der Waals surface area contributed by atoms with Crippen molar-refractivity contribution in [2.45, 2.75) is 6.42 Å². The van der Waals surface area contributed by atoms with E-state index in [0.717, 1.165) is 12.0 Å². The lowest BCUT2D eigenvalue weighted by molar-refractivity contribution is -0.118. The van der Waals surface area contributed by atoms with Gasteiger partial charge in [0, 0.05) is 12.5 Å². The average molecular weight is 321 g/mol. The fourth-order valence-electron chi connectivity index (χ4n) is 1.90. The maximum absolute atomic E-state index is 11.2. The monoisotopic (exact) mass is 320 g/mol. The van der Waals surface area contributed by atoms with Crippen molar-refractivity contribution in [2.24, 2.45) is 0 Å². The van der Waals surface area contributed by atoms with Gasteiger partial charge in [0.15, 0.2) is 0 Å². The van der Waals surface area contributed by atoms with Crippen LogP contribution in [0, 0.1) is 0 Å². The van der Waals surface area contributed by atoms with Crippen LogP contribution in [0.1, 0.15) is 5.56 Å². The van der Waals surface area contributed by atoms with Crippen molar-refractivity contribution < 1.29 is 14.6 Å². The second-order valence-corrected chi connectivity index (χ2v) is 5.07. The molecule has 4 N–H and O–H groups in total. The van der Waals surface area contributed by atoms with Crippen LogP contribution in [0.2, 0.25) is 5.02 Å². The van der Waals surface area contributed by atoms with E-state index in [1.165, 1.54) is 6.07 Å². The molecule has 0 heterocycles. The molecular weight excluding hydrogens is 304 g/mol. The van der Waals surface area contributed by atoms with Gasteiger partial charge in [-0.25, -0.2) is 0 Å². The summed E-state index contributed by atoms with van der Waals surface area (Å²) in [5, 5.41) is 11.6. The van der Waals surface area contributed by atoms with E-state index in [1.54, 1.807) is 6.07 Å². The topological polar surface area (TPSA) is 84.6 Å². The van der Waals surface area contributed by atoms with Gasteiger partial charge in [-0.3, -0.25) is 4.79 Å². The molecule has 2 aromatic rings. The standard InChI is InChI=1S/C16H17ClN2O3/c17-12-8-13(18)14(19-16(21)10-20)9-15(12)22-7-6-11-4-2-1-3-5-11/h1-5,8-9,20H,6-7,10,18H2,(H,19,21). The van der Waals surface area contributed by atoms with Crippen LogP contribution < -0.4 is 15.8 Å². The molecule has 0 aliphatic carbocycles. The molecule has 0 aliphatic rings. The fraction of sp³-hybridized carbons (Fsp3) is 0.188. The summed E-state index contributed by atoms with van der Waals surface area (Å²) in [6.45, 7) is -0.173. The van der Waals surface area contributed by atoms with E-state index in [-0.39, 0.29) is 0 Å². The molecule has 0 aliphatic heterocycles. The van der Waals surface area contributed by atoms with Crippen LogP contribution in [-0.2, 0) is 11.2 Å². The number of aliphatic hydroxyl groups excluding tert-OH is 1. The molecule has 6 heteroatoms. The Morgan fingerprint density at radius 1 is 1.27 bits per heavy atom. The summed E-state index contributed by atoms with van der Waals surface area (Å²) >= 11 is 6.09. The number of nitrogens with one attached hydrogen (secondary N) is 1. The number of nitrogen functional groups attached to an aromatic ring is 1. The highest BCUT2D eigenvalue weighted by Gasteiger charge is 2.10. The SMILES string of the molecule is Nc1cc(Cl)c(OCCc2ccccc2)cc1NC(=O)CO. The molecule has 22 heavy (non-hydrogen) atoms. The molecule has 2 rings (SSSR count). The van der Waals surface area contributed by atoms with Gasteiger partial charge in [-0.1, -0.05) is 41.9 Å². The maximum atomic E-state index is 11.2. The lowest BCUT2D eigenvalue weighted by Gasteiger charge is -2.13. The molecule has 2 aromatic carbocycles. The predicted molar refractivity (Wildman–Crippen MR) is 87.2 cm³/mol. The van der Waals surface area contributed by atoms with Gasteiger partial charge < -0.3 is 20.9 Å². The Hall–Kier alpha value is -2.24. The van der Waals surface area contributed by atoms with Crippen LogP contribution in [0.5, 0.6) is 5.75 Å². The van der Waals surface area contributed by atoms with Gasteiger partial charge in [0.25, 0.3) is 0 Å². The smallest absolute Gasteiger partial charge is 0.250 e. The van der Waals surface area contributed by atoms with Crippen molar-refractivity contribution in [3.05, 3.63) is 53.1 Å². The van der Waals surface area contributed by atoms with Crippen molar-refractivity contribution in [1.29, 1.82) is 0 Å². The van der Waals surface area contributed by atoms with Crippen LogP contribution in [0.25, 0.3) is 0 Å². The largest absolute Gasteiger partial charge is 0.492 e. The number of carbonyl (C=O) groups is 1. The summed E-state index contributed by atoms with van der Waals surface area (Å²) in [6.07, 6.45) is 0.736. The van der Waals surface area contributed by atoms with E-state index in [2.05, 4.69) is 5.32 Å². The van der Waals surface area contributed by atoms with Gasteiger partial charge in [0.1, 0.15) is 12.4 Å². The number of aliphatic hydroxyl groups is 1. The van der Waals surface area contributed by atoms with Crippen molar-refractivity contribution in [3.63, 3.8) is 0 Å². The Bertz CT molecular complexity index is 647. The zero-order valence-electron chi connectivity index (χ0n) is 11.9. The highest BCUT2D eigenvalue weighted by atomic mass is 35.5. The van der Waals surface area contributed by atoms with Gasteiger partial charge in [-0.15, -0.1) is 0 Å². The number of halogens is 1. The predicted octanol–water partition coefficient (Wildman–Crippen LogP) is 2.47. The first-order valence-corrected chi connectivity index (χ1v) is 7.14. The van der Waals surface area contributed by atoms with Gasteiger partial charge in [-0.05, 0) is 11.6 Å². The average Bonchev–Trinajstić information content (AvgIpc) is 2.52. The van der Waals surface area contributed by atoms with Gasteiger partial charge in [0.2, 0.25) is 5.91 Å². The molecular formula is C16H17ClN2O3. The first kappa shape index (κ1) is 16.1. The third-order valence-electron chi connectivity index (χ3n) is 3.01. The molecule has 0 aromatic heterocycles.